The van der Waals surface area contributed by atoms with E-state index in [-0.39, 0.29) is 12.5 Å². The molecule has 0 N–H and O–H groups in total. The maximum atomic E-state index is 12.8. The van der Waals surface area contributed by atoms with Crippen LogP contribution >= 0.6 is 0 Å². The zero-order valence-corrected chi connectivity index (χ0v) is 18.2. The Morgan fingerprint density at radius 1 is 1.12 bits per heavy atom. The van der Waals surface area contributed by atoms with Crippen LogP contribution in [-0.2, 0) is 9.53 Å². The van der Waals surface area contributed by atoms with E-state index in [1.165, 1.54) is 14.2 Å². The lowest BCUT2D eigenvalue weighted by atomic mass is 10.1. The second kappa shape index (κ2) is 9.69. The first-order chi connectivity index (χ1) is 15.6. The molecule has 1 aliphatic rings. The van der Waals surface area contributed by atoms with Crippen molar-refractivity contribution in [3.63, 3.8) is 0 Å². The zero-order valence-electron chi connectivity index (χ0n) is 18.2. The van der Waals surface area contributed by atoms with Crippen molar-refractivity contribution in [3.8, 4) is 28.6 Å². The van der Waals surface area contributed by atoms with Gasteiger partial charge in [-0.2, -0.15) is 4.98 Å². The highest BCUT2D eigenvalue weighted by molar-refractivity contribution is 5.78. The van der Waals surface area contributed by atoms with Gasteiger partial charge in [-0.25, -0.2) is 0 Å². The molecule has 0 bridgehead atoms. The van der Waals surface area contributed by atoms with Gasteiger partial charge in [-0.05, 0) is 24.6 Å². The van der Waals surface area contributed by atoms with Gasteiger partial charge in [-0.1, -0.05) is 35.5 Å². The maximum absolute atomic E-state index is 12.8. The Morgan fingerprint density at radius 3 is 2.59 bits per heavy atom. The average Bonchev–Trinajstić information content (AvgIpc) is 3.32. The number of morpholine rings is 1. The molecule has 32 heavy (non-hydrogen) atoms. The van der Waals surface area contributed by atoms with Crippen LogP contribution < -0.4 is 14.2 Å². The minimum absolute atomic E-state index is 0.165. The molecule has 2 aromatic carbocycles. The van der Waals surface area contributed by atoms with Gasteiger partial charge in [0.1, 0.15) is 0 Å². The van der Waals surface area contributed by atoms with Gasteiger partial charge in [0.15, 0.2) is 24.2 Å². The van der Waals surface area contributed by atoms with Crippen LogP contribution in [0.25, 0.3) is 11.4 Å². The quantitative estimate of drug-likeness (QED) is 0.554. The highest BCUT2D eigenvalue weighted by Crippen LogP contribution is 2.36. The number of amides is 1. The summed E-state index contributed by atoms with van der Waals surface area (Å²) in [6.45, 7) is 2.92. The molecule has 3 aromatic rings. The monoisotopic (exact) mass is 439 g/mol. The summed E-state index contributed by atoms with van der Waals surface area (Å²) in [6.07, 6.45) is -0.501. The van der Waals surface area contributed by atoms with E-state index in [0.717, 1.165) is 11.1 Å². The fourth-order valence-corrected chi connectivity index (χ4v) is 3.51. The molecule has 4 rings (SSSR count). The van der Waals surface area contributed by atoms with Crippen LogP contribution in [0.4, 0.5) is 0 Å². The molecule has 0 radical (unpaired) electrons. The van der Waals surface area contributed by atoms with Gasteiger partial charge >= 0.3 is 0 Å². The van der Waals surface area contributed by atoms with E-state index in [1.807, 2.05) is 31.2 Å². The minimum atomic E-state index is -0.501. The summed E-state index contributed by atoms with van der Waals surface area (Å²) in [5.41, 5.74) is 1.94. The Kier molecular flexibility index (Phi) is 6.55. The highest BCUT2D eigenvalue weighted by Gasteiger charge is 2.30. The van der Waals surface area contributed by atoms with Crippen LogP contribution in [-0.4, -0.2) is 61.5 Å². The zero-order chi connectivity index (χ0) is 22.5. The summed E-state index contributed by atoms with van der Waals surface area (Å²) in [4.78, 5) is 19.0. The fraction of sp³-hybridized carbons (Fsp3) is 0.348. The predicted molar refractivity (Wildman–Crippen MR) is 115 cm³/mol. The number of hydrogen-bond acceptors (Lipinski definition) is 8. The molecule has 9 nitrogen and oxygen atoms in total. The largest absolute Gasteiger partial charge is 0.493 e. The van der Waals surface area contributed by atoms with Gasteiger partial charge in [0.05, 0.1) is 27.4 Å². The van der Waals surface area contributed by atoms with Crippen LogP contribution in [0.1, 0.15) is 17.6 Å². The van der Waals surface area contributed by atoms with E-state index in [1.54, 1.807) is 23.1 Å². The van der Waals surface area contributed by atoms with Crippen molar-refractivity contribution < 1.29 is 28.3 Å². The van der Waals surface area contributed by atoms with Crippen LogP contribution in [0.3, 0.4) is 0 Å². The van der Waals surface area contributed by atoms with E-state index in [9.17, 15) is 4.79 Å². The van der Waals surface area contributed by atoms with Gasteiger partial charge in [-0.3, -0.25) is 4.79 Å². The molecule has 0 aliphatic carbocycles. The number of nitrogens with zero attached hydrogens (tertiary/aromatic N) is 3. The molecule has 168 valence electrons. The van der Waals surface area contributed by atoms with Crippen LogP contribution in [0.15, 0.2) is 47.0 Å². The second-order valence-electron chi connectivity index (χ2n) is 7.25. The molecule has 1 amide bonds. The van der Waals surface area contributed by atoms with E-state index < -0.39 is 6.10 Å². The minimum Gasteiger partial charge on any atom is -0.493 e. The Hall–Kier alpha value is -3.59. The Labute approximate surface area is 185 Å². The first kappa shape index (κ1) is 21.6. The predicted octanol–water partition coefficient (Wildman–Crippen LogP) is 3.04. The molecule has 1 fully saturated rings. The summed E-state index contributed by atoms with van der Waals surface area (Å²) < 4.78 is 27.6. The van der Waals surface area contributed by atoms with Crippen LogP contribution in [0, 0.1) is 6.92 Å². The molecular formula is C23H25N3O6. The average molecular weight is 439 g/mol. The van der Waals surface area contributed by atoms with Crippen LogP contribution in [0.5, 0.6) is 17.2 Å². The topological polar surface area (TPSA) is 96.2 Å². The van der Waals surface area contributed by atoms with Crippen molar-refractivity contribution in [2.75, 3.05) is 40.5 Å². The number of para-hydroxylation sites is 1. The van der Waals surface area contributed by atoms with E-state index >= 15 is 0 Å². The first-order valence-electron chi connectivity index (χ1n) is 10.2. The summed E-state index contributed by atoms with van der Waals surface area (Å²) in [5, 5.41) is 4.08. The van der Waals surface area contributed by atoms with Gasteiger partial charge < -0.3 is 28.4 Å². The van der Waals surface area contributed by atoms with Crippen molar-refractivity contribution in [3.05, 3.63) is 53.9 Å². The molecule has 0 saturated carbocycles. The molecule has 1 aromatic heterocycles. The molecular weight excluding hydrogens is 414 g/mol. The normalized spacial score (nSPS) is 16.0. The number of hydrogen-bond donors (Lipinski definition) is 0. The van der Waals surface area contributed by atoms with Crippen molar-refractivity contribution in [1.82, 2.24) is 15.0 Å². The third-order valence-electron chi connectivity index (χ3n) is 5.24. The van der Waals surface area contributed by atoms with E-state index in [2.05, 4.69) is 10.1 Å². The number of benzene rings is 2. The van der Waals surface area contributed by atoms with Crippen molar-refractivity contribution in [1.29, 1.82) is 0 Å². The number of carbonyl (C=O) groups is 1. The summed E-state index contributed by atoms with van der Waals surface area (Å²) in [5.74, 6) is 2.02. The number of carbonyl (C=O) groups excluding carboxylic acids is 1. The lowest BCUT2D eigenvalue weighted by molar-refractivity contribution is -0.142. The molecule has 9 heteroatoms. The van der Waals surface area contributed by atoms with Crippen molar-refractivity contribution in [2.24, 2.45) is 0 Å². The number of aromatic nitrogens is 2. The van der Waals surface area contributed by atoms with Crippen molar-refractivity contribution in [2.45, 2.75) is 13.0 Å². The molecule has 1 saturated heterocycles. The SMILES string of the molecule is COc1cccc(OC)c1OCC(=O)N1CCO[C@@H](c2nc(-c3ccccc3C)no2)C1. The standard InChI is InChI=1S/C23H25N3O6/c1-15-7-4-5-8-16(15)22-24-23(32-25-22)19-13-26(11-12-30-19)20(27)14-31-21-17(28-2)9-6-10-18(21)29-3/h4-10,19H,11-14H2,1-3H3/t19-/m1/s1. The van der Waals surface area contributed by atoms with Crippen LogP contribution in [0.2, 0.25) is 0 Å². The van der Waals surface area contributed by atoms with Gasteiger partial charge in [0.2, 0.25) is 11.6 Å². The van der Waals surface area contributed by atoms with Gasteiger partial charge in [0, 0.05) is 12.1 Å². The molecule has 0 unspecified atom stereocenters. The number of methoxy groups -OCH3 is 2. The third-order valence-corrected chi connectivity index (χ3v) is 5.24. The van der Waals surface area contributed by atoms with E-state index in [4.69, 9.17) is 23.5 Å². The number of ether oxygens (including phenoxy) is 4. The van der Waals surface area contributed by atoms with E-state index in [0.29, 0.717) is 48.7 Å². The third kappa shape index (κ3) is 4.52. The molecule has 1 atom stereocenters. The Bertz CT molecular complexity index is 1060. The molecule has 1 aliphatic heterocycles. The van der Waals surface area contributed by atoms with Gasteiger partial charge in [0.25, 0.3) is 11.8 Å². The maximum Gasteiger partial charge on any atom is 0.260 e. The molecule has 0 spiro atoms. The number of aryl methyl sites for hydroxylation is 1. The lowest BCUT2D eigenvalue weighted by Gasteiger charge is -2.31. The number of rotatable bonds is 7. The summed E-state index contributed by atoms with van der Waals surface area (Å²) in [7, 11) is 3.07. The fourth-order valence-electron chi connectivity index (χ4n) is 3.51. The first-order valence-corrected chi connectivity index (χ1v) is 10.2. The summed E-state index contributed by atoms with van der Waals surface area (Å²) in [6, 6.07) is 13.1. The lowest BCUT2D eigenvalue weighted by Crippen LogP contribution is -2.44. The van der Waals surface area contributed by atoms with Crippen molar-refractivity contribution >= 4 is 5.91 Å². The van der Waals surface area contributed by atoms with Gasteiger partial charge in [-0.15, -0.1) is 0 Å². The highest BCUT2D eigenvalue weighted by atomic mass is 16.5. The summed E-state index contributed by atoms with van der Waals surface area (Å²) >= 11 is 0. The smallest absolute Gasteiger partial charge is 0.260 e. The molecule has 2 heterocycles. The Balaban J connectivity index is 1.42. The Morgan fingerprint density at radius 2 is 1.88 bits per heavy atom. The second-order valence-corrected chi connectivity index (χ2v) is 7.25.